The summed E-state index contributed by atoms with van der Waals surface area (Å²) >= 11 is 0. The van der Waals surface area contributed by atoms with Crippen LogP contribution in [0, 0.1) is 5.92 Å². The number of aliphatic hydroxyl groups excluding tert-OH is 1. The van der Waals surface area contributed by atoms with Gasteiger partial charge in [0, 0.05) is 24.8 Å². The van der Waals surface area contributed by atoms with E-state index in [0.717, 1.165) is 0 Å². The van der Waals surface area contributed by atoms with Gasteiger partial charge < -0.3 is 22.8 Å². The minimum Gasteiger partial charge on any atom is -0.414 e. The first-order chi connectivity index (χ1) is 15.9. The summed E-state index contributed by atoms with van der Waals surface area (Å²) in [6, 6.07) is 1.30. The fourth-order valence-corrected chi connectivity index (χ4v) is 16.8. The van der Waals surface area contributed by atoms with Crippen molar-refractivity contribution in [3.63, 3.8) is 0 Å². The van der Waals surface area contributed by atoms with Crippen LogP contribution in [-0.4, -0.2) is 57.2 Å². The smallest absolute Gasteiger partial charge is 0.335 e. The van der Waals surface area contributed by atoms with Crippen molar-refractivity contribution in [3.8, 4) is 0 Å². The summed E-state index contributed by atoms with van der Waals surface area (Å²) in [6.45, 7) is 17.5. The number of hydrogen-bond donors (Lipinski definition) is 2. The van der Waals surface area contributed by atoms with Gasteiger partial charge in [-0.1, -0.05) is 55.4 Å². The van der Waals surface area contributed by atoms with Gasteiger partial charge >= 0.3 is 22.8 Å². The maximum absolute atomic E-state index is 12.6. The van der Waals surface area contributed by atoms with Crippen LogP contribution >= 0.6 is 0 Å². The molecule has 2 N–H and O–H groups in total. The third kappa shape index (κ3) is 4.80. The normalized spacial score (nSPS) is 29.0. The van der Waals surface area contributed by atoms with E-state index in [-0.39, 0.29) is 34.7 Å². The van der Waals surface area contributed by atoms with E-state index in [4.69, 9.17) is 17.7 Å². The average Bonchev–Trinajstić information content (AvgIpc) is 3.04. The van der Waals surface area contributed by atoms with Crippen LogP contribution in [-0.2, 0) is 17.7 Å². The fraction of sp³-hybridized carbons (Fsp3) is 0.826. The lowest BCUT2D eigenvalue weighted by Gasteiger charge is -2.51. The molecule has 2 fully saturated rings. The monoisotopic (exact) mass is 514 g/mol. The van der Waals surface area contributed by atoms with Crippen LogP contribution in [0.3, 0.4) is 0 Å². The number of nitrogens with one attached hydrogen (secondary N) is 1. The summed E-state index contributed by atoms with van der Waals surface area (Å²) in [5.41, 5.74) is -0.273. The molecule has 194 valence electrons. The van der Waals surface area contributed by atoms with Crippen molar-refractivity contribution < 1.29 is 22.8 Å². The van der Waals surface area contributed by atoms with E-state index >= 15 is 0 Å². The first kappa shape index (κ1) is 27.5. The molecule has 1 aromatic rings. The van der Waals surface area contributed by atoms with E-state index in [2.05, 4.69) is 60.4 Å². The van der Waals surface area contributed by atoms with Crippen molar-refractivity contribution in [3.05, 3.63) is 33.1 Å². The standard InChI is InChI=1S/C23H42N2O7Si2/c1-14(2)33(15(3)4)29-13-19-21(31-34(32-33,16(5)6)17(7)8)18(10-12-26)22(30-19)25-11-9-20(27)24-23(25)28/h9,11,14-19,21-22,26H,10,12-13H2,1-8H3,(H,24,27,28)/t18-,19-,21+,22-/m1/s1. The molecule has 2 aliphatic rings. The number of aromatic nitrogens is 2. The van der Waals surface area contributed by atoms with Crippen LogP contribution in [0.4, 0.5) is 0 Å². The molecule has 34 heavy (non-hydrogen) atoms. The van der Waals surface area contributed by atoms with E-state index in [9.17, 15) is 14.7 Å². The first-order valence-electron chi connectivity index (χ1n) is 12.5. The van der Waals surface area contributed by atoms with Gasteiger partial charge in [-0.3, -0.25) is 14.3 Å². The summed E-state index contributed by atoms with van der Waals surface area (Å²) in [5.74, 6) is -0.303. The average molecular weight is 515 g/mol. The van der Waals surface area contributed by atoms with Gasteiger partial charge in [0.15, 0.2) is 0 Å². The number of ether oxygens (including phenoxy) is 1. The quantitative estimate of drug-likeness (QED) is 0.536. The Labute approximate surface area is 204 Å². The van der Waals surface area contributed by atoms with E-state index in [1.165, 1.54) is 16.8 Å². The van der Waals surface area contributed by atoms with E-state index in [1.807, 2.05) is 0 Å². The lowest BCUT2D eigenvalue weighted by Crippen LogP contribution is -2.65. The number of hydrogen-bond acceptors (Lipinski definition) is 7. The summed E-state index contributed by atoms with van der Waals surface area (Å²) < 4.78 is 28.9. The van der Waals surface area contributed by atoms with E-state index in [0.29, 0.717) is 13.0 Å². The summed E-state index contributed by atoms with van der Waals surface area (Å²) in [7, 11) is -5.57. The molecule has 0 spiro atoms. The van der Waals surface area contributed by atoms with Crippen LogP contribution in [0.15, 0.2) is 21.9 Å². The number of rotatable bonds is 7. The minimum atomic E-state index is -2.86. The van der Waals surface area contributed by atoms with Gasteiger partial charge in [-0.2, -0.15) is 0 Å². The topological polar surface area (TPSA) is 112 Å². The highest BCUT2D eigenvalue weighted by Crippen LogP contribution is 2.49. The van der Waals surface area contributed by atoms with Crippen LogP contribution in [0.25, 0.3) is 0 Å². The van der Waals surface area contributed by atoms with Gasteiger partial charge in [-0.05, 0) is 28.6 Å². The molecule has 0 aromatic carbocycles. The first-order valence-corrected chi connectivity index (χ1v) is 16.4. The number of aliphatic hydroxyl groups is 1. The Morgan fingerprint density at radius 3 is 2.12 bits per heavy atom. The zero-order valence-electron chi connectivity index (χ0n) is 21.7. The second-order valence-electron chi connectivity index (χ2n) is 10.8. The summed E-state index contributed by atoms with van der Waals surface area (Å²) in [4.78, 5) is 26.6. The van der Waals surface area contributed by atoms with E-state index < -0.39 is 46.8 Å². The molecule has 0 amide bonds. The lowest BCUT2D eigenvalue weighted by atomic mass is 9.96. The molecule has 0 radical (unpaired) electrons. The van der Waals surface area contributed by atoms with Crippen molar-refractivity contribution in [1.29, 1.82) is 0 Å². The van der Waals surface area contributed by atoms with Gasteiger partial charge in [0.05, 0.1) is 12.7 Å². The Morgan fingerprint density at radius 2 is 1.62 bits per heavy atom. The maximum atomic E-state index is 12.6. The second-order valence-corrected chi connectivity index (χ2v) is 19.7. The summed E-state index contributed by atoms with van der Waals surface area (Å²) in [6.07, 6.45) is 0.323. The second kappa shape index (κ2) is 10.5. The molecule has 3 rings (SSSR count). The van der Waals surface area contributed by atoms with E-state index in [1.54, 1.807) is 0 Å². The molecule has 4 atom stereocenters. The van der Waals surface area contributed by atoms with Gasteiger partial charge in [0.1, 0.15) is 12.3 Å². The van der Waals surface area contributed by atoms with Crippen molar-refractivity contribution in [2.24, 2.45) is 5.92 Å². The van der Waals surface area contributed by atoms with Crippen molar-refractivity contribution in [2.45, 2.75) is 102 Å². The minimum absolute atomic E-state index is 0.0779. The van der Waals surface area contributed by atoms with Gasteiger partial charge in [0.25, 0.3) is 5.56 Å². The molecule has 2 saturated heterocycles. The molecule has 3 heterocycles. The molecular weight excluding hydrogens is 472 g/mol. The highest BCUT2D eigenvalue weighted by molar-refractivity contribution is 6.83. The third-order valence-corrected chi connectivity index (χ3v) is 17.6. The predicted molar refractivity (Wildman–Crippen MR) is 134 cm³/mol. The largest absolute Gasteiger partial charge is 0.414 e. The van der Waals surface area contributed by atoms with Crippen LogP contribution in [0.5, 0.6) is 0 Å². The maximum Gasteiger partial charge on any atom is 0.335 e. The Bertz CT molecular complexity index is 930. The number of aromatic amines is 1. The zero-order valence-corrected chi connectivity index (χ0v) is 23.7. The molecule has 0 aliphatic carbocycles. The fourth-order valence-electron chi connectivity index (χ4n) is 5.59. The molecule has 9 nitrogen and oxygen atoms in total. The van der Waals surface area contributed by atoms with Crippen molar-refractivity contribution in [1.82, 2.24) is 9.55 Å². The molecule has 0 unspecified atom stereocenters. The van der Waals surface area contributed by atoms with Crippen LogP contribution < -0.4 is 11.2 Å². The Morgan fingerprint density at radius 1 is 1.03 bits per heavy atom. The Hall–Kier alpha value is -1.09. The van der Waals surface area contributed by atoms with Gasteiger partial charge in [-0.25, -0.2) is 4.79 Å². The molecule has 2 aliphatic heterocycles. The SMILES string of the molecule is CC(C)[Si]1(C(C)C)OC[C@H]2O[C@@H](n3ccc(=O)[nH]c3=O)[C@H](CCO)[C@@H]2O[Si](C(C)C)(C(C)C)O1. The number of nitrogens with zero attached hydrogens (tertiary/aromatic N) is 1. The van der Waals surface area contributed by atoms with Gasteiger partial charge in [-0.15, -0.1) is 0 Å². The Balaban J connectivity index is 2.13. The van der Waals surface area contributed by atoms with Crippen LogP contribution in [0.1, 0.15) is 68.0 Å². The predicted octanol–water partition coefficient (Wildman–Crippen LogP) is 3.39. The van der Waals surface area contributed by atoms with Crippen molar-refractivity contribution >= 4 is 17.1 Å². The number of fused-ring (bicyclic) bond motifs is 1. The molecule has 0 bridgehead atoms. The lowest BCUT2D eigenvalue weighted by molar-refractivity contribution is -0.0575. The molecule has 0 saturated carbocycles. The molecule has 11 heteroatoms. The summed E-state index contributed by atoms with van der Waals surface area (Å²) in [5, 5.41) is 9.90. The highest BCUT2D eigenvalue weighted by Gasteiger charge is 2.61. The van der Waals surface area contributed by atoms with Crippen molar-refractivity contribution in [2.75, 3.05) is 13.2 Å². The van der Waals surface area contributed by atoms with Gasteiger partial charge in [0.2, 0.25) is 0 Å². The zero-order chi connectivity index (χ0) is 25.4. The molecule has 1 aromatic heterocycles. The highest BCUT2D eigenvalue weighted by atomic mass is 28.5. The third-order valence-electron chi connectivity index (χ3n) is 7.39. The van der Waals surface area contributed by atoms with Crippen LogP contribution in [0.2, 0.25) is 22.2 Å². The Kier molecular flexibility index (Phi) is 8.49. The molecular formula is C23H42N2O7Si2. The number of H-pyrrole nitrogens is 1.